The molecule has 0 saturated heterocycles. The molecule has 2 saturated carbocycles. The van der Waals surface area contributed by atoms with Crippen LogP contribution in [0.15, 0.2) is 24.3 Å². The van der Waals surface area contributed by atoms with E-state index in [1.807, 2.05) is 0 Å². The fourth-order valence-corrected chi connectivity index (χ4v) is 3.57. The summed E-state index contributed by atoms with van der Waals surface area (Å²) in [5.41, 5.74) is 7.26. The molecule has 2 aliphatic carbocycles. The van der Waals surface area contributed by atoms with Gasteiger partial charge in [-0.05, 0) is 42.9 Å². The van der Waals surface area contributed by atoms with Gasteiger partial charge in [-0.2, -0.15) is 0 Å². The van der Waals surface area contributed by atoms with Gasteiger partial charge in [-0.3, -0.25) is 4.79 Å². The Hall–Kier alpha value is -1.42. The average molecular weight is 304 g/mol. The van der Waals surface area contributed by atoms with Crippen LogP contribution in [0.1, 0.15) is 56.4 Å². The minimum Gasteiger partial charge on any atom is -0.354 e. The summed E-state index contributed by atoms with van der Waals surface area (Å²) >= 11 is 0. The van der Waals surface area contributed by atoms with Gasteiger partial charge in [-0.1, -0.05) is 37.8 Å². The van der Waals surface area contributed by atoms with Crippen molar-refractivity contribution in [3.8, 4) is 0 Å². The van der Waals surface area contributed by atoms with Crippen LogP contribution in [-0.2, 0) is 4.79 Å². The summed E-state index contributed by atoms with van der Waals surface area (Å²) in [5.74, 6) is 0.135. The molecular formula is C18H25FN2O. The third-order valence-corrected chi connectivity index (χ3v) is 5.14. The van der Waals surface area contributed by atoms with E-state index in [1.54, 1.807) is 12.1 Å². The normalized spacial score (nSPS) is 27.0. The first kappa shape index (κ1) is 15.5. The van der Waals surface area contributed by atoms with Gasteiger partial charge in [0, 0.05) is 18.0 Å². The molecule has 1 amide bonds. The minimum absolute atomic E-state index is 0.0276. The average Bonchev–Trinajstić information content (AvgIpc) is 3.31. The van der Waals surface area contributed by atoms with E-state index in [0.29, 0.717) is 6.54 Å². The summed E-state index contributed by atoms with van der Waals surface area (Å²) in [4.78, 5) is 12.3. The number of nitrogens with one attached hydrogen (secondary N) is 1. The summed E-state index contributed by atoms with van der Waals surface area (Å²) in [6.07, 6.45) is 7.68. The summed E-state index contributed by atoms with van der Waals surface area (Å²) in [5, 5.41) is 3.06. The maximum Gasteiger partial charge on any atom is 0.223 e. The number of carbonyl (C=O) groups excluding carboxylic acids is 1. The zero-order valence-electron chi connectivity index (χ0n) is 13.0. The second kappa shape index (κ2) is 6.37. The molecule has 22 heavy (non-hydrogen) atoms. The summed E-state index contributed by atoms with van der Waals surface area (Å²) in [6, 6.07) is 6.48. The summed E-state index contributed by atoms with van der Waals surface area (Å²) in [6.45, 7) is 0.582. The van der Waals surface area contributed by atoms with Crippen LogP contribution in [0.2, 0.25) is 0 Å². The first-order valence-corrected chi connectivity index (χ1v) is 8.39. The molecule has 0 spiro atoms. The predicted octanol–water partition coefficient (Wildman–Crippen LogP) is 3.10. The number of amides is 1. The molecule has 0 heterocycles. The van der Waals surface area contributed by atoms with Gasteiger partial charge < -0.3 is 11.1 Å². The Morgan fingerprint density at radius 1 is 1.18 bits per heavy atom. The third-order valence-electron chi connectivity index (χ3n) is 5.14. The topological polar surface area (TPSA) is 55.1 Å². The van der Waals surface area contributed by atoms with E-state index in [9.17, 15) is 9.18 Å². The monoisotopic (exact) mass is 304 g/mol. The molecule has 1 aromatic rings. The van der Waals surface area contributed by atoms with Crippen molar-refractivity contribution in [2.24, 2.45) is 11.7 Å². The number of benzene rings is 1. The Bertz CT molecular complexity index is 520. The van der Waals surface area contributed by atoms with E-state index < -0.39 is 0 Å². The van der Waals surface area contributed by atoms with E-state index in [0.717, 1.165) is 37.7 Å². The van der Waals surface area contributed by atoms with Crippen molar-refractivity contribution in [1.82, 2.24) is 5.32 Å². The number of nitrogens with two attached hydrogens (primary N) is 1. The van der Waals surface area contributed by atoms with Crippen molar-refractivity contribution >= 4 is 5.91 Å². The van der Waals surface area contributed by atoms with Crippen LogP contribution in [0.4, 0.5) is 4.39 Å². The predicted molar refractivity (Wildman–Crippen MR) is 84.9 cm³/mol. The van der Waals surface area contributed by atoms with Crippen molar-refractivity contribution < 1.29 is 9.18 Å². The maximum atomic E-state index is 12.9. The van der Waals surface area contributed by atoms with Crippen molar-refractivity contribution in [1.29, 1.82) is 0 Å². The Balaban J connectivity index is 1.50. The zero-order valence-corrected chi connectivity index (χ0v) is 13.0. The van der Waals surface area contributed by atoms with Crippen molar-refractivity contribution in [3.05, 3.63) is 35.6 Å². The molecule has 2 fully saturated rings. The highest BCUT2D eigenvalue weighted by Crippen LogP contribution is 2.47. The van der Waals surface area contributed by atoms with Crippen molar-refractivity contribution in [2.45, 2.75) is 56.4 Å². The Morgan fingerprint density at radius 3 is 2.45 bits per heavy atom. The van der Waals surface area contributed by atoms with E-state index in [4.69, 9.17) is 5.73 Å². The van der Waals surface area contributed by atoms with Gasteiger partial charge in [0.15, 0.2) is 0 Å². The molecular weight excluding hydrogens is 279 g/mol. The fraction of sp³-hybridized carbons (Fsp3) is 0.611. The molecule has 2 aliphatic rings. The number of hydrogen-bond donors (Lipinski definition) is 2. The Kier molecular flexibility index (Phi) is 4.48. The van der Waals surface area contributed by atoms with Gasteiger partial charge in [0.2, 0.25) is 5.91 Å². The molecule has 3 N–H and O–H groups in total. The van der Waals surface area contributed by atoms with Crippen molar-refractivity contribution in [3.63, 3.8) is 0 Å². The molecule has 0 aliphatic heterocycles. The van der Waals surface area contributed by atoms with Gasteiger partial charge in [0.1, 0.15) is 5.82 Å². The summed E-state index contributed by atoms with van der Waals surface area (Å²) < 4.78 is 12.9. The second-order valence-electron chi connectivity index (χ2n) is 6.99. The highest BCUT2D eigenvalue weighted by Gasteiger charge is 2.44. The standard InChI is InChI=1S/C18H25FN2O/c19-14-7-5-13(6-8-14)15-11-16(15)17(22)21-12-18(20)9-3-1-2-4-10-18/h5-8,15-16H,1-4,9-12,20H2,(H,21,22)/t15-,16+/m0/s1. The third kappa shape index (κ3) is 3.67. The lowest BCUT2D eigenvalue weighted by atomic mass is 9.91. The number of hydrogen-bond acceptors (Lipinski definition) is 2. The van der Waals surface area contributed by atoms with E-state index in [-0.39, 0.29) is 29.1 Å². The SMILES string of the molecule is NC1(CNC(=O)[C@@H]2C[C@H]2c2ccc(F)cc2)CCCCCC1. The lowest BCUT2D eigenvalue weighted by Gasteiger charge is -2.28. The van der Waals surface area contributed by atoms with Crippen LogP contribution >= 0.6 is 0 Å². The molecule has 0 radical (unpaired) electrons. The number of rotatable bonds is 4. The lowest BCUT2D eigenvalue weighted by Crippen LogP contribution is -2.50. The molecule has 3 rings (SSSR count). The van der Waals surface area contributed by atoms with Crippen LogP contribution < -0.4 is 11.1 Å². The Morgan fingerprint density at radius 2 is 1.82 bits per heavy atom. The van der Waals surface area contributed by atoms with Crippen molar-refractivity contribution in [2.75, 3.05) is 6.54 Å². The van der Waals surface area contributed by atoms with Crippen LogP contribution in [-0.4, -0.2) is 18.0 Å². The molecule has 4 heteroatoms. The van der Waals surface area contributed by atoms with Gasteiger partial charge in [-0.25, -0.2) is 4.39 Å². The Labute approximate surface area is 131 Å². The quantitative estimate of drug-likeness (QED) is 0.840. The highest BCUT2D eigenvalue weighted by molar-refractivity contribution is 5.83. The zero-order chi connectivity index (χ0) is 15.6. The van der Waals surface area contributed by atoms with Gasteiger partial charge in [0.25, 0.3) is 0 Å². The van der Waals surface area contributed by atoms with Gasteiger partial charge in [-0.15, -0.1) is 0 Å². The molecule has 1 aromatic carbocycles. The summed E-state index contributed by atoms with van der Waals surface area (Å²) in [7, 11) is 0. The molecule has 3 nitrogen and oxygen atoms in total. The van der Waals surface area contributed by atoms with Crippen LogP contribution in [0.3, 0.4) is 0 Å². The lowest BCUT2D eigenvalue weighted by molar-refractivity contribution is -0.122. The maximum absolute atomic E-state index is 12.9. The fourth-order valence-electron chi connectivity index (χ4n) is 3.57. The molecule has 0 bridgehead atoms. The second-order valence-corrected chi connectivity index (χ2v) is 6.99. The number of halogens is 1. The largest absolute Gasteiger partial charge is 0.354 e. The first-order valence-electron chi connectivity index (χ1n) is 8.39. The van der Waals surface area contributed by atoms with Crippen LogP contribution in [0.5, 0.6) is 0 Å². The number of carbonyl (C=O) groups is 1. The highest BCUT2D eigenvalue weighted by atomic mass is 19.1. The van der Waals surface area contributed by atoms with E-state index in [1.165, 1.54) is 25.0 Å². The van der Waals surface area contributed by atoms with Gasteiger partial charge in [0.05, 0.1) is 0 Å². The first-order chi connectivity index (χ1) is 10.6. The smallest absolute Gasteiger partial charge is 0.223 e. The van der Waals surface area contributed by atoms with E-state index >= 15 is 0 Å². The van der Waals surface area contributed by atoms with Crippen LogP contribution in [0.25, 0.3) is 0 Å². The van der Waals surface area contributed by atoms with Crippen LogP contribution in [0, 0.1) is 11.7 Å². The van der Waals surface area contributed by atoms with E-state index in [2.05, 4.69) is 5.32 Å². The minimum atomic E-state index is -0.233. The molecule has 0 aromatic heterocycles. The molecule has 120 valence electrons. The molecule has 0 unspecified atom stereocenters. The molecule has 2 atom stereocenters. The van der Waals surface area contributed by atoms with Gasteiger partial charge >= 0.3 is 0 Å².